The Kier molecular flexibility index (Phi) is 7.97. The zero-order valence-electron chi connectivity index (χ0n) is 19.4. The maximum absolute atomic E-state index is 13.6. The molecule has 1 aliphatic rings. The molecule has 0 saturated carbocycles. The van der Waals surface area contributed by atoms with E-state index in [4.69, 9.17) is 26.5 Å². The van der Waals surface area contributed by atoms with E-state index in [2.05, 4.69) is 10.5 Å². The fraction of sp³-hybridized carbons (Fsp3) is 0.320. The number of benzene rings is 2. The van der Waals surface area contributed by atoms with Gasteiger partial charge in [-0.3, -0.25) is 0 Å². The lowest BCUT2D eigenvalue weighted by atomic mass is 9.94. The van der Waals surface area contributed by atoms with Gasteiger partial charge in [-0.15, -0.1) is 11.8 Å². The van der Waals surface area contributed by atoms with Crippen molar-refractivity contribution in [1.82, 2.24) is 20.4 Å². The number of allylic oxidation sites excluding steroid dienone is 1. The molecule has 34 heavy (non-hydrogen) atoms. The van der Waals surface area contributed by atoms with Crippen LogP contribution >= 0.6 is 24.0 Å². The summed E-state index contributed by atoms with van der Waals surface area (Å²) in [6.45, 7) is 5.99. The van der Waals surface area contributed by atoms with Gasteiger partial charge in [0, 0.05) is 35.9 Å². The van der Waals surface area contributed by atoms with Gasteiger partial charge in [0.2, 0.25) is 5.82 Å². The Labute approximate surface area is 208 Å². The average Bonchev–Trinajstić information content (AvgIpc) is 3.33. The zero-order chi connectivity index (χ0) is 24.1. The Morgan fingerprint density at radius 1 is 1.18 bits per heavy atom. The summed E-state index contributed by atoms with van der Waals surface area (Å²) >= 11 is 7.37. The third-order valence-corrected chi connectivity index (χ3v) is 6.76. The van der Waals surface area contributed by atoms with E-state index in [1.165, 1.54) is 12.1 Å². The molecule has 1 aliphatic heterocycles. The molecule has 0 saturated heterocycles. The van der Waals surface area contributed by atoms with E-state index in [0.29, 0.717) is 36.6 Å². The number of ether oxygens (including phenoxy) is 1. The second-order valence-corrected chi connectivity index (χ2v) is 9.05. The first-order valence-electron chi connectivity index (χ1n) is 11.1. The summed E-state index contributed by atoms with van der Waals surface area (Å²) in [5.41, 5.74) is 3.46. The van der Waals surface area contributed by atoms with Crippen molar-refractivity contribution in [3.8, 4) is 11.4 Å². The Bertz CT molecular complexity index is 1160. The Balaban J connectivity index is 1.71. The first-order valence-corrected chi connectivity index (χ1v) is 12.8. The van der Waals surface area contributed by atoms with Crippen LogP contribution in [0.2, 0.25) is 0 Å². The SMILES string of the molecule is CCOCCCN1C(=S)NC(c2ccc(F)cc2)C(c2nc(-c3ccc(SC)cc3)no2)=C1C. The monoisotopic (exact) mass is 498 g/mol. The van der Waals surface area contributed by atoms with E-state index in [1.54, 1.807) is 23.9 Å². The second kappa shape index (κ2) is 11.1. The topological polar surface area (TPSA) is 63.4 Å². The van der Waals surface area contributed by atoms with E-state index < -0.39 is 0 Å². The molecule has 4 rings (SSSR count). The minimum Gasteiger partial charge on any atom is -0.382 e. The molecule has 1 atom stereocenters. The average molecular weight is 499 g/mol. The van der Waals surface area contributed by atoms with Crippen molar-refractivity contribution < 1.29 is 13.7 Å². The Morgan fingerprint density at radius 3 is 2.59 bits per heavy atom. The molecule has 0 spiro atoms. The molecule has 0 bridgehead atoms. The molecule has 9 heteroatoms. The van der Waals surface area contributed by atoms with Crippen LogP contribution in [0.3, 0.4) is 0 Å². The number of rotatable bonds is 9. The minimum atomic E-state index is -0.344. The molecular weight excluding hydrogens is 471 g/mol. The number of nitrogens with one attached hydrogen (secondary N) is 1. The summed E-state index contributed by atoms with van der Waals surface area (Å²) in [6, 6.07) is 14.0. The fourth-order valence-corrected chi connectivity index (χ4v) is 4.65. The van der Waals surface area contributed by atoms with Gasteiger partial charge >= 0.3 is 0 Å². The number of hydrogen-bond donors (Lipinski definition) is 1. The highest BCUT2D eigenvalue weighted by atomic mass is 32.2. The smallest absolute Gasteiger partial charge is 0.258 e. The lowest BCUT2D eigenvalue weighted by molar-refractivity contribution is 0.141. The number of nitrogens with zero attached hydrogens (tertiary/aromatic N) is 3. The van der Waals surface area contributed by atoms with E-state index in [-0.39, 0.29) is 11.9 Å². The van der Waals surface area contributed by atoms with Crippen molar-refractivity contribution in [1.29, 1.82) is 0 Å². The molecule has 1 aromatic heterocycles. The Hall–Kier alpha value is -2.75. The normalized spacial score (nSPS) is 16.2. The third-order valence-electron chi connectivity index (χ3n) is 5.68. The molecule has 0 fully saturated rings. The quantitative estimate of drug-likeness (QED) is 0.229. The molecule has 0 amide bonds. The largest absolute Gasteiger partial charge is 0.382 e. The van der Waals surface area contributed by atoms with Crippen molar-refractivity contribution in [2.24, 2.45) is 0 Å². The van der Waals surface area contributed by atoms with Crippen molar-refractivity contribution >= 4 is 34.7 Å². The van der Waals surface area contributed by atoms with Crippen LogP contribution in [-0.2, 0) is 4.74 Å². The van der Waals surface area contributed by atoms with Gasteiger partial charge < -0.3 is 19.5 Å². The van der Waals surface area contributed by atoms with Crippen LogP contribution in [0.15, 0.2) is 63.6 Å². The van der Waals surface area contributed by atoms with Gasteiger partial charge in [0.25, 0.3) is 5.89 Å². The van der Waals surface area contributed by atoms with E-state index in [9.17, 15) is 4.39 Å². The molecule has 1 unspecified atom stereocenters. The maximum atomic E-state index is 13.6. The summed E-state index contributed by atoms with van der Waals surface area (Å²) < 4.78 is 24.9. The highest BCUT2D eigenvalue weighted by molar-refractivity contribution is 7.98. The van der Waals surface area contributed by atoms with Gasteiger partial charge in [-0.2, -0.15) is 4.98 Å². The van der Waals surface area contributed by atoms with E-state index in [0.717, 1.165) is 33.7 Å². The van der Waals surface area contributed by atoms with Crippen LogP contribution in [-0.4, -0.2) is 46.2 Å². The molecule has 3 aromatic rings. The first kappa shape index (κ1) is 24.4. The van der Waals surface area contributed by atoms with Crippen LogP contribution in [0.1, 0.15) is 37.8 Å². The lowest BCUT2D eigenvalue weighted by Crippen LogP contribution is -2.46. The molecule has 0 aliphatic carbocycles. The number of thiocarbonyl (C=S) groups is 1. The van der Waals surface area contributed by atoms with Crippen LogP contribution in [0, 0.1) is 5.82 Å². The highest BCUT2D eigenvalue weighted by Crippen LogP contribution is 2.37. The molecule has 2 aromatic carbocycles. The highest BCUT2D eigenvalue weighted by Gasteiger charge is 2.34. The minimum absolute atomic E-state index is 0.296. The van der Waals surface area contributed by atoms with Gasteiger partial charge in [-0.1, -0.05) is 17.3 Å². The number of thioether (sulfide) groups is 1. The van der Waals surface area contributed by atoms with Gasteiger partial charge in [-0.25, -0.2) is 4.39 Å². The number of aromatic nitrogens is 2. The molecule has 1 N–H and O–H groups in total. The summed E-state index contributed by atoms with van der Waals surface area (Å²) in [7, 11) is 0. The van der Waals surface area contributed by atoms with Crippen LogP contribution < -0.4 is 5.32 Å². The standard InChI is InChI=1S/C25H27FN4O2S2/c1-4-31-15-5-14-30-16(2)21(22(27-25(30)33)17-6-10-19(26)11-7-17)24-28-23(29-32-24)18-8-12-20(34-3)13-9-18/h6-13,22H,4-5,14-15H2,1-3H3,(H,27,33). The van der Waals surface area contributed by atoms with Gasteiger partial charge in [0.15, 0.2) is 5.11 Å². The summed E-state index contributed by atoms with van der Waals surface area (Å²) in [5.74, 6) is 0.619. The summed E-state index contributed by atoms with van der Waals surface area (Å²) in [4.78, 5) is 7.91. The van der Waals surface area contributed by atoms with Gasteiger partial charge in [0.05, 0.1) is 11.6 Å². The number of hydrogen-bond acceptors (Lipinski definition) is 6. The molecule has 2 heterocycles. The molecule has 178 valence electrons. The molecular formula is C25H27FN4O2S2. The molecule has 6 nitrogen and oxygen atoms in total. The first-order chi connectivity index (χ1) is 16.5. The van der Waals surface area contributed by atoms with Gasteiger partial charge in [-0.05, 0) is 80.7 Å². The molecule has 0 radical (unpaired) electrons. The summed E-state index contributed by atoms with van der Waals surface area (Å²) in [5, 5.41) is 8.23. The number of halogens is 1. The van der Waals surface area contributed by atoms with Crippen molar-refractivity contribution in [3.63, 3.8) is 0 Å². The van der Waals surface area contributed by atoms with Crippen molar-refractivity contribution in [2.45, 2.75) is 31.2 Å². The predicted molar refractivity (Wildman–Crippen MR) is 137 cm³/mol. The van der Waals surface area contributed by atoms with Crippen LogP contribution in [0.5, 0.6) is 0 Å². The Morgan fingerprint density at radius 2 is 1.91 bits per heavy atom. The zero-order valence-corrected chi connectivity index (χ0v) is 21.0. The maximum Gasteiger partial charge on any atom is 0.258 e. The van der Waals surface area contributed by atoms with Crippen molar-refractivity contribution in [2.75, 3.05) is 26.0 Å². The third kappa shape index (κ3) is 5.32. The van der Waals surface area contributed by atoms with E-state index >= 15 is 0 Å². The predicted octanol–water partition coefficient (Wildman–Crippen LogP) is 5.69. The van der Waals surface area contributed by atoms with Gasteiger partial charge in [0.1, 0.15) is 5.82 Å². The van der Waals surface area contributed by atoms with E-state index in [1.807, 2.05) is 49.3 Å². The second-order valence-electron chi connectivity index (χ2n) is 7.79. The fourth-order valence-electron chi connectivity index (χ4n) is 3.89. The van der Waals surface area contributed by atoms with Crippen LogP contribution in [0.25, 0.3) is 17.0 Å². The van der Waals surface area contributed by atoms with Crippen LogP contribution in [0.4, 0.5) is 4.39 Å². The lowest BCUT2D eigenvalue weighted by Gasteiger charge is -2.37. The van der Waals surface area contributed by atoms with Crippen molar-refractivity contribution in [3.05, 3.63) is 71.5 Å². The summed E-state index contributed by atoms with van der Waals surface area (Å²) in [6.07, 6.45) is 2.85.